The number of aromatic nitrogens is 1. The summed E-state index contributed by atoms with van der Waals surface area (Å²) in [4.78, 5) is 3.76. The summed E-state index contributed by atoms with van der Waals surface area (Å²) in [5.74, 6) is -2.30. The zero-order chi connectivity index (χ0) is 19.9. The van der Waals surface area contributed by atoms with Gasteiger partial charge in [-0.3, -0.25) is 0 Å². The van der Waals surface area contributed by atoms with E-state index in [1.54, 1.807) is 6.07 Å². The SMILES string of the molecule is O=S(=O)(c1ccc(F)cc1F)N1CCC(Oc2nc3ccc(F)cc3s2)CC1. The highest BCUT2D eigenvalue weighted by Crippen LogP contribution is 2.31. The van der Waals surface area contributed by atoms with Gasteiger partial charge in [0.05, 0.1) is 10.2 Å². The Balaban J connectivity index is 1.43. The molecule has 0 N–H and O–H groups in total. The number of hydrogen-bond donors (Lipinski definition) is 0. The van der Waals surface area contributed by atoms with E-state index in [0.717, 1.165) is 16.4 Å². The third-order valence-electron chi connectivity index (χ3n) is 4.51. The fraction of sp³-hybridized carbons (Fsp3) is 0.278. The molecule has 2 aromatic carbocycles. The fourth-order valence-corrected chi connectivity index (χ4v) is 5.51. The third kappa shape index (κ3) is 3.71. The van der Waals surface area contributed by atoms with Gasteiger partial charge in [-0.25, -0.2) is 26.6 Å². The molecule has 0 unspecified atom stereocenters. The van der Waals surface area contributed by atoms with Crippen molar-refractivity contribution in [3.63, 3.8) is 0 Å². The largest absolute Gasteiger partial charge is 0.467 e. The molecule has 1 fully saturated rings. The average molecular weight is 428 g/mol. The van der Waals surface area contributed by atoms with Crippen LogP contribution in [0, 0.1) is 17.5 Å². The summed E-state index contributed by atoms with van der Waals surface area (Å²) in [6, 6.07) is 6.68. The van der Waals surface area contributed by atoms with Crippen molar-refractivity contribution >= 4 is 31.6 Å². The lowest BCUT2D eigenvalue weighted by molar-refractivity contribution is 0.135. The minimum absolute atomic E-state index is 0.142. The van der Waals surface area contributed by atoms with Crippen LogP contribution in [0.4, 0.5) is 13.2 Å². The number of sulfonamides is 1. The maximum Gasteiger partial charge on any atom is 0.274 e. The molecule has 5 nitrogen and oxygen atoms in total. The highest BCUT2D eigenvalue weighted by molar-refractivity contribution is 7.89. The van der Waals surface area contributed by atoms with Crippen LogP contribution >= 0.6 is 11.3 Å². The van der Waals surface area contributed by atoms with Gasteiger partial charge in [-0.05, 0) is 43.2 Å². The average Bonchev–Trinajstić information content (AvgIpc) is 3.03. The second-order valence-electron chi connectivity index (χ2n) is 6.39. The Kier molecular flexibility index (Phi) is 5.02. The zero-order valence-corrected chi connectivity index (χ0v) is 16.1. The van der Waals surface area contributed by atoms with Gasteiger partial charge in [-0.15, -0.1) is 0 Å². The van der Waals surface area contributed by atoms with E-state index < -0.39 is 26.6 Å². The number of rotatable bonds is 4. The van der Waals surface area contributed by atoms with E-state index in [2.05, 4.69) is 4.98 Å². The van der Waals surface area contributed by atoms with E-state index in [4.69, 9.17) is 4.74 Å². The first kappa shape index (κ1) is 19.2. The van der Waals surface area contributed by atoms with Crippen molar-refractivity contribution in [2.75, 3.05) is 13.1 Å². The van der Waals surface area contributed by atoms with E-state index >= 15 is 0 Å². The molecule has 0 bridgehead atoms. The van der Waals surface area contributed by atoms with Crippen LogP contribution < -0.4 is 4.74 Å². The van der Waals surface area contributed by atoms with Crippen molar-refractivity contribution in [3.05, 3.63) is 53.8 Å². The summed E-state index contributed by atoms with van der Waals surface area (Å²) < 4.78 is 73.1. The van der Waals surface area contributed by atoms with Gasteiger partial charge in [-0.1, -0.05) is 11.3 Å². The molecule has 0 amide bonds. The molecule has 1 aromatic heterocycles. The quantitative estimate of drug-likeness (QED) is 0.632. The Bertz CT molecular complexity index is 1130. The third-order valence-corrected chi connectivity index (χ3v) is 7.35. The van der Waals surface area contributed by atoms with E-state index in [0.29, 0.717) is 34.3 Å². The molecule has 1 saturated heterocycles. The van der Waals surface area contributed by atoms with Gasteiger partial charge in [0.2, 0.25) is 10.0 Å². The van der Waals surface area contributed by atoms with Crippen molar-refractivity contribution in [2.24, 2.45) is 0 Å². The molecule has 2 heterocycles. The lowest BCUT2D eigenvalue weighted by Crippen LogP contribution is -2.42. The van der Waals surface area contributed by atoms with Crippen LogP contribution in [0.3, 0.4) is 0 Å². The van der Waals surface area contributed by atoms with Crippen LogP contribution in [-0.4, -0.2) is 36.9 Å². The van der Waals surface area contributed by atoms with Crippen molar-refractivity contribution < 1.29 is 26.3 Å². The van der Waals surface area contributed by atoms with Gasteiger partial charge in [0.1, 0.15) is 28.5 Å². The number of halogens is 3. The zero-order valence-electron chi connectivity index (χ0n) is 14.4. The number of nitrogens with zero attached hydrogens (tertiary/aromatic N) is 2. The number of piperidine rings is 1. The predicted octanol–water partition coefficient (Wildman–Crippen LogP) is 3.95. The summed E-state index contributed by atoms with van der Waals surface area (Å²) in [5, 5.41) is 0.395. The highest BCUT2D eigenvalue weighted by Gasteiger charge is 2.32. The Morgan fingerprint density at radius 3 is 2.43 bits per heavy atom. The Morgan fingerprint density at radius 2 is 1.71 bits per heavy atom. The Morgan fingerprint density at radius 1 is 1.04 bits per heavy atom. The molecule has 0 spiro atoms. The summed E-state index contributed by atoms with van der Waals surface area (Å²) in [6.45, 7) is 0.284. The van der Waals surface area contributed by atoms with Gasteiger partial charge in [0.25, 0.3) is 5.19 Å². The van der Waals surface area contributed by atoms with Crippen LogP contribution in [0.25, 0.3) is 10.2 Å². The van der Waals surface area contributed by atoms with Crippen molar-refractivity contribution in [2.45, 2.75) is 23.8 Å². The minimum Gasteiger partial charge on any atom is -0.467 e. The van der Waals surface area contributed by atoms with Crippen molar-refractivity contribution in [3.8, 4) is 5.19 Å². The molecule has 0 atom stereocenters. The Hall–Kier alpha value is -2.17. The van der Waals surface area contributed by atoms with E-state index in [9.17, 15) is 21.6 Å². The molecule has 1 aliphatic rings. The van der Waals surface area contributed by atoms with Crippen molar-refractivity contribution in [1.29, 1.82) is 0 Å². The summed E-state index contributed by atoms with van der Waals surface area (Å²) in [7, 11) is -4.05. The van der Waals surface area contributed by atoms with E-state index in [1.807, 2.05) is 0 Å². The molecule has 1 aliphatic heterocycles. The maximum absolute atomic E-state index is 13.9. The molecule has 4 rings (SSSR count). The molecule has 148 valence electrons. The number of ether oxygens (including phenoxy) is 1. The van der Waals surface area contributed by atoms with Gasteiger partial charge in [0.15, 0.2) is 0 Å². The monoisotopic (exact) mass is 428 g/mol. The number of fused-ring (bicyclic) bond motifs is 1. The number of hydrogen-bond acceptors (Lipinski definition) is 5. The molecule has 0 radical (unpaired) electrons. The molecule has 28 heavy (non-hydrogen) atoms. The second-order valence-corrected chi connectivity index (χ2v) is 9.29. The topological polar surface area (TPSA) is 59.5 Å². The Labute approximate surface area is 163 Å². The standard InChI is InChI=1S/C18H15F3N2O3S2/c19-11-2-4-17(14(21)9-11)28(24,25)23-7-5-13(6-8-23)26-18-22-15-3-1-12(20)10-16(15)27-18/h1-4,9-10,13H,5-8H2. The molecular formula is C18H15F3N2O3S2. The van der Waals surface area contributed by atoms with Gasteiger partial charge < -0.3 is 4.74 Å². The molecule has 0 saturated carbocycles. The van der Waals surface area contributed by atoms with Gasteiger partial charge in [0, 0.05) is 19.2 Å². The second kappa shape index (κ2) is 7.34. The summed E-state index contributed by atoms with van der Waals surface area (Å²) in [6.07, 6.45) is 0.536. The first-order chi connectivity index (χ1) is 13.3. The smallest absolute Gasteiger partial charge is 0.274 e. The fourth-order valence-electron chi connectivity index (χ4n) is 3.08. The van der Waals surface area contributed by atoms with Gasteiger partial charge >= 0.3 is 0 Å². The molecule has 0 aliphatic carbocycles. The molecular weight excluding hydrogens is 413 g/mol. The normalized spacial score (nSPS) is 16.5. The molecule has 3 aromatic rings. The lowest BCUT2D eigenvalue weighted by atomic mass is 10.1. The first-order valence-corrected chi connectivity index (χ1v) is 10.8. The van der Waals surface area contributed by atoms with Crippen LogP contribution in [0.2, 0.25) is 0 Å². The van der Waals surface area contributed by atoms with Crippen LogP contribution in [0.1, 0.15) is 12.8 Å². The minimum atomic E-state index is -4.05. The predicted molar refractivity (Wildman–Crippen MR) is 98.3 cm³/mol. The van der Waals surface area contributed by atoms with Gasteiger partial charge in [-0.2, -0.15) is 4.31 Å². The first-order valence-electron chi connectivity index (χ1n) is 8.51. The summed E-state index contributed by atoms with van der Waals surface area (Å²) in [5.41, 5.74) is 0.633. The molecule has 10 heteroatoms. The van der Waals surface area contributed by atoms with E-state index in [1.165, 1.54) is 23.5 Å². The lowest BCUT2D eigenvalue weighted by Gasteiger charge is -2.30. The van der Waals surface area contributed by atoms with Crippen molar-refractivity contribution in [1.82, 2.24) is 9.29 Å². The summed E-state index contributed by atoms with van der Waals surface area (Å²) >= 11 is 1.22. The van der Waals surface area contributed by atoms with Crippen LogP contribution in [0.5, 0.6) is 5.19 Å². The number of benzene rings is 2. The van der Waals surface area contributed by atoms with Crippen LogP contribution in [0.15, 0.2) is 41.3 Å². The highest BCUT2D eigenvalue weighted by atomic mass is 32.2. The maximum atomic E-state index is 13.9. The number of thiazole rings is 1. The van der Waals surface area contributed by atoms with Crippen LogP contribution in [-0.2, 0) is 10.0 Å². The van der Waals surface area contributed by atoms with E-state index in [-0.39, 0.29) is 25.0 Å².